The molecule has 0 atom stereocenters. The summed E-state index contributed by atoms with van der Waals surface area (Å²) in [6.45, 7) is 3.94. The molecule has 1 aromatic carbocycles. The first-order valence-electron chi connectivity index (χ1n) is 4.83. The molecule has 0 aromatic heterocycles. The Balaban J connectivity index is 2.30. The molecular formula is C11H11ClO4. The molecule has 1 aromatic rings. The number of halogens is 1. The molecule has 0 amide bonds. The minimum absolute atomic E-state index is 0.285. The third-order valence-electron chi connectivity index (χ3n) is 2.31. The fourth-order valence-corrected chi connectivity index (χ4v) is 1.80. The lowest BCUT2D eigenvalue weighted by atomic mass is 10.0. The van der Waals surface area contributed by atoms with Crippen LogP contribution in [0.5, 0.6) is 11.5 Å². The Morgan fingerprint density at radius 1 is 1.50 bits per heavy atom. The van der Waals surface area contributed by atoms with Crippen LogP contribution < -0.4 is 9.47 Å². The zero-order valence-electron chi connectivity index (χ0n) is 8.95. The Morgan fingerprint density at radius 3 is 2.94 bits per heavy atom. The average molecular weight is 243 g/mol. The molecule has 0 aliphatic carbocycles. The molecule has 5 heteroatoms. The second-order valence-corrected chi connectivity index (χ2v) is 4.37. The van der Waals surface area contributed by atoms with E-state index in [-0.39, 0.29) is 5.60 Å². The molecule has 0 saturated heterocycles. The quantitative estimate of drug-likeness (QED) is 0.561. The van der Waals surface area contributed by atoms with Crippen molar-refractivity contribution >= 4 is 18.0 Å². The van der Waals surface area contributed by atoms with Gasteiger partial charge < -0.3 is 13.8 Å². The van der Waals surface area contributed by atoms with Gasteiger partial charge in [0.2, 0.25) is 0 Å². The summed E-state index contributed by atoms with van der Waals surface area (Å²) in [5.41, 5.74) is 0.719. The summed E-state index contributed by atoms with van der Waals surface area (Å²) in [4.78, 5) is 10.9. The van der Waals surface area contributed by atoms with Crippen molar-refractivity contribution in [2.45, 2.75) is 25.9 Å². The van der Waals surface area contributed by atoms with Crippen LogP contribution in [-0.4, -0.2) is 11.8 Å². The van der Waals surface area contributed by atoms with Crippen molar-refractivity contribution in [1.29, 1.82) is 0 Å². The van der Waals surface area contributed by atoms with Crippen molar-refractivity contribution < 1.29 is 18.6 Å². The van der Waals surface area contributed by atoms with Crippen LogP contribution in [0.1, 0.15) is 19.4 Å². The summed E-state index contributed by atoms with van der Waals surface area (Å²) >= 11 is 4.89. The van der Waals surface area contributed by atoms with Gasteiger partial charge in [-0.25, -0.2) is 4.79 Å². The van der Waals surface area contributed by atoms with E-state index in [1.165, 1.54) is 0 Å². The third-order valence-corrected chi connectivity index (χ3v) is 2.44. The maximum absolute atomic E-state index is 10.9. The number of rotatable bonds is 1. The number of fused-ring (bicyclic) bond motifs is 1. The normalized spacial score (nSPS) is 16.2. The Kier molecular flexibility index (Phi) is 2.68. The van der Waals surface area contributed by atoms with Gasteiger partial charge in [-0.05, 0) is 19.9 Å². The van der Waals surface area contributed by atoms with Crippen LogP contribution in [0.2, 0.25) is 0 Å². The molecule has 0 fully saturated rings. The fourth-order valence-electron chi connectivity index (χ4n) is 1.77. The molecule has 1 aliphatic heterocycles. The predicted octanol–water partition coefficient (Wildman–Crippen LogP) is 3.07. The molecule has 0 bridgehead atoms. The highest BCUT2D eigenvalue weighted by Crippen LogP contribution is 2.41. The zero-order valence-corrected chi connectivity index (χ0v) is 9.71. The standard InChI is InChI=1S/C11H11ClO4/c1-11(2)6-7-4-3-5-8(9(7)15-11)14-10(13)16-12/h3-5H,6H2,1-2H3. The molecule has 0 spiro atoms. The van der Waals surface area contributed by atoms with Gasteiger partial charge in [0.1, 0.15) is 17.5 Å². The number of carbonyl (C=O) groups is 1. The topological polar surface area (TPSA) is 44.8 Å². The van der Waals surface area contributed by atoms with Crippen LogP contribution in [0.25, 0.3) is 0 Å². The van der Waals surface area contributed by atoms with Gasteiger partial charge >= 0.3 is 6.16 Å². The molecule has 86 valence electrons. The molecule has 0 saturated carbocycles. The molecule has 0 unspecified atom stereocenters. The van der Waals surface area contributed by atoms with Gasteiger partial charge in [-0.3, -0.25) is 0 Å². The van der Waals surface area contributed by atoms with Crippen LogP contribution in [0.4, 0.5) is 4.79 Å². The van der Waals surface area contributed by atoms with E-state index in [1.807, 2.05) is 19.9 Å². The largest absolute Gasteiger partial charge is 0.532 e. The van der Waals surface area contributed by atoms with Crippen molar-refractivity contribution in [2.24, 2.45) is 0 Å². The molecule has 0 radical (unpaired) electrons. The SMILES string of the molecule is CC1(C)Cc2cccc(OC(=O)OCl)c2O1. The van der Waals surface area contributed by atoms with Gasteiger partial charge in [0.05, 0.1) is 0 Å². The maximum Gasteiger partial charge on any atom is 0.532 e. The minimum Gasteiger partial charge on any atom is -0.483 e. The maximum atomic E-state index is 10.9. The molecule has 4 nitrogen and oxygen atoms in total. The smallest absolute Gasteiger partial charge is 0.483 e. The number of hydrogen-bond acceptors (Lipinski definition) is 4. The van der Waals surface area contributed by atoms with Gasteiger partial charge in [0, 0.05) is 12.0 Å². The summed E-state index contributed by atoms with van der Waals surface area (Å²) in [6, 6.07) is 5.36. The zero-order chi connectivity index (χ0) is 11.8. The third kappa shape index (κ3) is 2.07. The summed E-state index contributed by atoms with van der Waals surface area (Å²) in [5, 5.41) is 0. The Bertz CT molecular complexity index is 428. The monoisotopic (exact) mass is 242 g/mol. The van der Waals surface area contributed by atoms with Crippen LogP contribution >= 0.6 is 11.9 Å². The molecule has 0 N–H and O–H groups in total. The van der Waals surface area contributed by atoms with Crippen molar-refractivity contribution in [3.63, 3.8) is 0 Å². The lowest BCUT2D eigenvalue weighted by molar-refractivity contribution is 0.127. The van der Waals surface area contributed by atoms with Crippen LogP contribution in [0.15, 0.2) is 18.2 Å². The predicted molar refractivity (Wildman–Crippen MR) is 57.8 cm³/mol. The number of carbonyl (C=O) groups excluding carboxylic acids is 1. The average Bonchev–Trinajstić information content (AvgIpc) is 2.53. The van der Waals surface area contributed by atoms with Gasteiger partial charge in [-0.1, -0.05) is 12.1 Å². The highest BCUT2D eigenvalue weighted by atomic mass is 35.5. The van der Waals surface area contributed by atoms with E-state index < -0.39 is 6.16 Å². The second-order valence-electron chi connectivity index (χ2n) is 4.21. The first-order chi connectivity index (χ1) is 7.52. The molecule has 1 aliphatic rings. The van der Waals surface area contributed by atoms with Gasteiger partial charge in [0.25, 0.3) is 0 Å². The first-order valence-corrected chi connectivity index (χ1v) is 5.14. The van der Waals surface area contributed by atoms with E-state index in [1.54, 1.807) is 12.1 Å². The lowest BCUT2D eigenvalue weighted by Gasteiger charge is -2.17. The van der Waals surface area contributed by atoms with E-state index in [4.69, 9.17) is 21.3 Å². The summed E-state index contributed by atoms with van der Waals surface area (Å²) in [6.07, 6.45) is -0.196. The summed E-state index contributed by atoms with van der Waals surface area (Å²) in [5.74, 6) is 0.906. The van der Waals surface area contributed by atoms with Crippen LogP contribution in [-0.2, 0) is 10.7 Å². The summed E-state index contributed by atoms with van der Waals surface area (Å²) < 4.78 is 14.5. The first kappa shape index (κ1) is 11.1. The van der Waals surface area contributed by atoms with E-state index in [9.17, 15) is 4.79 Å². The summed E-state index contributed by atoms with van der Waals surface area (Å²) in [7, 11) is 0. The van der Waals surface area contributed by atoms with Gasteiger partial charge in [-0.15, -0.1) is 0 Å². The molecule has 16 heavy (non-hydrogen) atoms. The highest BCUT2D eigenvalue weighted by Gasteiger charge is 2.32. The highest BCUT2D eigenvalue weighted by molar-refractivity contribution is 6.12. The van der Waals surface area contributed by atoms with Crippen molar-refractivity contribution in [2.75, 3.05) is 0 Å². The second kappa shape index (κ2) is 3.87. The van der Waals surface area contributed by atoms with E-state index in [0.29, 0.717) is 11.5 Å². The van der Waals surface area contributed by atoms with Crippen molar-refractivity contribution in [3.05, 3.63) is 23.8 Å². The molecular weight excluding hydrogens is 232 g/mol. The lowest BCUT2D eigenvalue weighted by Crippen LogP contribution is -2.24. The Labute approximate surface area is 98.2 Å². The van der Waals surface area contributed by atoms with Crippen LogP contribution in [0.3, 0.4) is 0 Å². The van der Waals surface area contributed by atoms with Crippen LogP contribution in [0, 0.1) is 0 Å². The van der Waals surface area contributed by atoms with Crippen molar-refractivity contribution in [1.82, 2.24) is 0 Å². The minimum atomic E-state index is -0.969. The number of ether oxygens (including phenoxy) is 2. The van der Waals surface area contributed by atoms with Gasteiger partial charge in [-0.2, -0.15) is 0 Å². The Morgan fingerprint density at radius 2 is 2.25 bits per heavy atom. The number of hydrogen-bond donors (Lipinski definition) is 0. The van der Waals surface area contributed by atoms with E-state index in [2.05, 4.69) is 4.29 Å². The molecule has 2 rings (SSSR count). The Hall–Kier alpha value is -1.42. The number of benzene rings is 1. The van der Waals surface area contributed by atoms with E-state index >= 15 is 0 Å². The fraction of sp³-hybridized carbons (Fsp3) is 0.364. The number of para-hydroxylation sites is 1. The van der Waals surface area contributed by atoms with E-state index in [0.717, 1.165) is 12.0 Å². The van der Waals surface area contributed by atoms with Crippen molar-refractivity contribution in [3.8, 4) is 11.5 Å². The van der Waals surface area contributed by atoms with Gasteiger partial charge in [0.15, 0.2) is 11.5 Å². The molecule has 1 heterocycles.